The van der Waals surface area contributed by atoms with E-state index in [0.29, 0.717) is 24.6 Å². The summed E-state index contributed by atoms with van der Waals surface area (Å²) in [6.07, 6.45) is 38.9. The molecule has 1 rings (SSSR count). The van der Waals surface area contributed by atoms with E-state index in [4.69, 9.17) is 9.47 Å². The van der Waals surface area contributed by atoms with Gasteiger partial charge in [0.05, 0.1) is 13.2 Å². The summed E-state index contributed by atoms with van der Waals surface area (Å²) in [6, 6.07) is 7.01. The van der Waals surface area contributed by atoms with Crippen LogP contribution in [-0.2, 0) is 9.47 Å². The van der Waals surface area contributed by atoms with Crippen LogP contribution in [0.3, 0.4) is 0 Å². The highest BCUT2D eigenvalue weighted by molar-refractivity contribution is 5.87. The molecule has 8 nitrogen and oxygen atoms in total. The number of rotatable bonds is 42. The van der Waals surface area contributed by atoms with Crippen molar-refractivity contribution in [1.29, 1.82) is 0 Å². The van der Waals surface area contributed by atoms with E-state index in [9.17, 15) is 9.59 Å². The summed E-state index contributed by atoms with van der Waals surface area (Å²) in [7, 11) is 0. The summed E-state index contributed by atoms with van der Waals surface area (Å²) in [5, 5.41) is 5.56. The van der Waals surface area contributed by atoms with E-state index < -0.39 is 12.2 Å². The van der Waals surface area contributed by atoms with Crippen LogP contribution in [0.5, 0.6) is 0 Å². The van der Waals surface area contributed by atoms with Crippen LogP contribution in [-0.4, -0.2) is 74.5 Å². The first-order valence-corrected chi connectivity index (χ1v) is 24.9. The normalized spacial score (nSPS) is 11.4. The van der Waals surface area contributed by atoms with Crippen LogP contribution >= 0.6 is 0 Å². The van der Waals surface area contributed by atoms with Crippen molar-refractivity contribution in [2.24, 2.45) is 0 Å². The zero-order chi connectivity index (χ0) is 42.0. The lowest BCUT2D eigenvalue weighted by Crippen LogP contribution is -2.26. The zero-order valence-electron chi connectivity index (χ0n) is 38.7. The number of carbonyl (C=O) groups excluding carboxylic acids is 2. The minimum atomic E-state index is -0.453. The lowest BCUT2D eigenvalue weighted by atomic mass is 10.0. The van der Waals surface area contributed by atoms with Gasteiger partial charge >= 0.3 is 12.2 Å². The molecule has 8 heteroatoms. The number of ether oxygens (including phenoxy) is 2. The Bertz CT molecular complexity index is 958. The summed E-state index contributed by atoms with van der Waals surface area (Å²) >= 11 is 0. The van der Waals surface area contributed by atoms with Crippen molar-refractivity contribution in [3.63, 3.8) is 0 Å². The van der Waals surface area contributed by atoms with Crippen LogP contribution in [0.2, 0.25) is 0 Å². The predicted octanol–water partition coefficient (Wildman–Crippen LogP) is 15.2. The fraction of sp³-hybridized carbons (Fsp3) is 0.840. The smallest absolute Gasteiger partial charge is 0.411 e. The van der Waals surface area contributed by atoms with Crippen molar-refractivity contribution >= 4 is 23.6 Å². The van der Waals surface area contributed by atoms with Gasteiger partial charge in [0.2, 0.25) is 0 Å². The second kappa shape index (κ2) is 41.4. The largest absolute Gasteiger partial charge is 0.449 e. The topological polar surface area (TPSA) is 83.1 Å². The molecule has 0 unspecified atom stereocenters. The van der Waals surface area contributed by atoms with Gasteiger partial charge in [0.25, 0.3) is 0 Å². The van der Waals surface area contributed by atoms with Crippen molar-refractivity contribution in [1.82, 2.24) is 9.80 Å². The van der Waals surface area contributed by atoms with E-state index in [1.54, 1.807) is 24.3 Å². The molecule has 0 aromatic heterocycles. The second-order valence-corrected chi connectivity index (χ2v) is 16.9. The Morgan fingerprint density at radius 2 is 0.621 bits per heavy atom. The highest BCUT2D eigenvalue weighted by Gasteiger charge is 2.08. The average molecular weight is 815 g/mol. The van der Waals surface area contributed by atoms with Crippen LogP contribution in [0.4, 0.5) is 21.0 Å². The lowest BCUT2D eigenvalue weighted by Gasteiger charge is -2.20. The summed E-state index contributed by atoms with van der Waals surface area (Å²) in [6.45, 7) is 16.4. The van der Waals surface area contributed by atoms with Crippen molar-refractivity contribution in [2.75, 3.05) is 63.1 Å². The molecule has 0 aliphatic heterocycles. The number of amides is 2. The first-order valence-electron chi connectivity index (χ1n) is 24.9. The average Bonchev–Trinajstić information content (AvgIpc) is 3.23. The summed E-state index contributed by atoms with van der Waals surface area (Å²) in [4.78, 5) is 29.7. The van der Waals surface area contributed by atoms with Gasteiger partial charge in [0.1, 0.15) is 0 Å². The summed E-state index contributed by atoms with van der Waals surface area (Å²) in [5.41, 5.74) is 1.25. The molecule has 0 saturated carbocycles. The quantitative estimate of drug-likeness (QED) is 0.0640. The first kappa shape index (κ1) is 53.7. The van der Waals surface area contributed by atoms with Gasteiger partial charge in [-0.2, -0.15) is 0 Å². The fourth-order valence-corrected chi connectivity index (χ4v) is 7.71. The molecule has 0 aliphatic carbocycles. The molecule has 338 valence electrons. The maximum Gasteiger partial charge on any atom is 0.411 e. The van der Waals surface area contributed by atoms with E-state index in [-0.39, 0.29) is 0 Å². The van der Waals surface area contributed by atoms with Crippen LogP contribution in [0.25, 0.3) is 0 Å². The molecular formula is C50H94N4O4. The molecule has 0 saturated heterocycles. The highest BCUT2D eigenvalue weighted by atomic mass is 16.6. The molecule has 0 heterocycles. The van der Waals surface area contributed by atoms with Crippen LogP contribution in [0.1, 0.15) is 220 Å². The Balaban J connectivity index is 2.02. The Morgan fingerprint density at radius 3 is 0.879 bits per heavy atom. The van der Waals surface area contributed by atoms with Crippen LogP contribution < -0.4 is 10.6 Å². The minimum absolute atomic E-state index is 0.406. The number of anilines is 2. The van der Waals surface area contributed by atoms with Crippen molar-refractivity contribution in [3.05, 3.63) is 24.3 Å². The zero-order valence-corrected chi connectivity index (χ0v) is 38.7. The minimum Gasteiger partial charge on any atom is -0.449 e. The number of benzene rings is 1. The van der Waals surface area contributed by atoms with E-state index in [0.717, 1.165) is 65.0 Å². The molecule has 2 amide bonds. The standard InChI is InChI=1S/C50H94N4O4/c1-5-9-11-13-15-17-19-21-23-25-27-29-31-41-53(7-3)43-33-35-45-57-49(55)51-47-37-39-48(40-38-47)52-50(56)58-46-36-34-44-54(8-4)42-32-30-28-26-24-22-20-18-16-14-12-10-6-2/h37-40H,5-36,41-46H2,1-4H3,(H,51,55)(H,52,56). The van der Waals surface area contributed by atoms with Gasteiger partial charge in [0.15, 0.2) is 0 Å². The molecule has 0 bridgehead atoms. The molecule has 2 N–H and O–H groups in total. The fourth-order valence-electron chi connectivity index (χ4n) is 7.71. The van der Waals surface area contributed by atoms with Gasteiger partial charge < -0.3 is 19.3 Å². The van der Waals surface area contributed by atoms with Crippen molar-refractivity contribution < 1.29 is 19.1 Å². The molecule has 0 aliphatic rings. The van der Waals surface area contributed by atoms with Gasteiger partial charge in [0, 0.05) is 11.4 Å². The van der Waals surface area contributed by atoms with E-state index in [2.05, 4.69) is 48.1 Å². The first-order chi connectivity index (χ1) is 28.5. The third kappa shape index (κ3) is 34.5. The van der Waals surface area contributed by atoms with Gasteiger partial charge in [-0.15, -0.1) is 0 Å². The molecule has 0 spiro atoms. The van der Waals surface area contributed by atoms with Crippen LogP contribution in [0, 0.1) is 0 Å². The third-order valence-electron chi connectivity index (χ3n) is 11.6. The molecule has 1 aromatic rings. The van der Waals surface area contributed by atoms with E-state index >= 15 is 0 Å². The van der Waals surface area contributed by atoms with Gasteiger partial charge in [-0.25, -0.2) is 9.59 Å². The summed E-state index contributed by atoms with van der Waals surface area (Å²) in [5.74, 6) is 0. The second-order valence-electron chi connectivity index (χ2n) is 16.9. The van der Waals surface area contributed by atoms with E-state index in [1.165, 1.54) is 167 Å². The Kier molecular flexibility index (Phi) is 38.3. The Morgan fingerprint density at radius 1 is 0.379 bits per heavy atom. The number of nitrogens with zero attached hydrogens (tertiary/aromatic N) is 2. The Hall–Kier alpha value is -2.32. The third-order valence-corrected chi connectivity index (χ3v) is 11.6. The molecular weight excluding hydrogens is 721 g/mol. The van der Waals surface area contributed by atoms with Gasteiger partial charge in [-0.3, -0.25) is 10.6 Å². The highest BCUT2D eigenvalue weighted by Crippen LogP contribution is 2.16. The Labute approximate surface area is 359 Å². The van der Waals surface area contributed by atoms with Crippen LogP contribution in [0.15, 0.2) is 24.3 Å². The molecule has 1 aromatic carbocycles. The number of hydrogen-bond donors (Lipinski definition) is 2. The SMILES string of the molecule is CCCCCCCCCCCCCCCN(CC)CCCCOC(=O)Nc1ccc(NC(=O)OCCCCN(CC)CCCCCCCCCCCCCCC)cc1. The number of unbranched alkanes of at least 4 members (excludes halogenated alkanes) is 26. The molecule has 0 atom stereocenters. The van der Waals surface area contributed by atoms with Gasteiger partial charge in [-0.05, 0) is 102 Å². The maximum atomic E-state index is 12.3. The molecule has 58 heavy (non-hydrogen) atoms. The van der Waals surface area contributed by atoms with Crippen molar-refractivity contribution in [3.8, 4) is 0 Å². The number of hydrogen-bond acceptors (Lipinski definition) is 6. The lowest BCUT2D eigenvalue weighted by molar-refractivity contribution is 0.156. The van der Waals surface area contributed by atoms with Gasteiger partial charge in [-0.1, -0.05) is 182 Å². The summed E-state index contributed by atoms with van der Waals surface area (Å²) < 4.78 is 10.8. The number of nitrogens with one attached hydrogen (secondary N) is 2. The predicted molar refractivity (Wildman–Crippen MR) is 250 cm³/mol. The maximum absolute atomic E-state index is 12.3. The number of carbonyl (C=O) groups is 2. The monoisotopic (exact) mass is 815 g/mol. The molecule has 0 fully saturated rings. The van der Waals surface area contributed by atoms with Crippen molar-refractivity contribution in [2.45, 2.75) is 220 Å². The molecule has 0 radical (unpaired) electrons. The van der Waals surface area contributed by atoms with E-state index in [1.807, 2.05) is 0 Å².